The van der Waals surface area contributed by atoms with Crippen LogP contribution in [-0.2, 0) is 4.74 Å². The third-order valence-electron chi connectivity index (χ3n) is 2.39. The molecule has 1 amide bonds. The summed E-state index contributed by atoms with van der Waals surface area (Å²) in [6.45, 7) is 6.71. The van der Waals surface area contributed by atoms with E-state index in [0.717, 1.165) is 27.5 Å². The maximum absolute atomic E-state index is 11.4. The highest BCUT2D eigenvalue weighted by molar-refractivity contribution is 9.11. The summed E-state index contributed by atoms with van der Waals surface area (Å²) in [6, 6.07) is 5.80. The SMILES string of the molecule is CC(C)(C)OC(=O)NCCCCOc1cc(Br)ccc1Br. The summed E-state index contributed by atoms with van der Waals surface area (Å²) in [5.74, 6) is 0.810. The van der Waals surface area contributed by atoms with Gasteiger partial charge in [-0.15, -0.1) is 0 Å². The maximum Gasteiger partial charge on any atom is 0.407 e. The first kappa shape index (κ1) is 18.3. The Balaban J connectivity index is 2.15. The zero-order chi connectivity index (χ0) is 15.9. The first-order valence-electron chi connectivity index (χ1n) is 6.82. The van der Waals surface area contributed by atoms with Crippen LogP contribution >= 0.6 is 31.9 Å². The van der Waals surface area contributed by atoms with Crippen LogP contribution in [0.2, 0.25) is 0 Å². The molecule has 0 saturated heterocycles. The number of rotatable bonds is 6. The molecule has 118 valence electrons. The highest BCUT2D eigenvalue weighted by atomic mass is 79.9. The summed E-state index contributed by atoms with van der Waals surface area (Å²) in [6.07, 6.45) is 1.32. The molecule has 0 spiro atoms. The molecule has 0 aliphatic carbocycles. The Morgan fingerprint density at radius 2 is 1.95 bits per heavy atom. The van der Waals surface area contributed by atoms with E-state index in [-0.39, 0.29) is 6.09 Å². The van der Waals surface area contributed by atoms with Crippen LogP contribution in [0.25, 0.3) is 0 Å². The zero-order valence-electron chi connectivity index (χ0n) is 12.5. The summed E-state index contributed by atoms with van der Waals surface area (Å²) in [4.78, 5) is 11.4. The molecule has 0 radical (unpaired) electrons. The number of benzene rings is 1. The van der Waals surface area contributed by atoms with Crippen molar-refractivity contribution in [3.63, 3.8) is 0 Å². The second-order valence-corrected chi connectivity index (χ2v) is 7.33. The van der Waals surface area contributed by atoms with E-state index in [1.165, 1.54) is 0 Å². The van der Waals surface area contributed by atoms with Crippen LogP contribution in [0.4, 0.5) is 4.79 Å². The summed E-state index contributed by atoms with van der Waals surface area (Å²) in [5, 5.41) is 2.72. The van der Waals surface area contributed by atoms with Crippen LogP contribution in [0.1, 0.15) is 33.6 Å². The molecule has 6 heteroatoms. The molecule has 0 aromatic heterocycles. The first-order chi connectivity index (χ1) is 9.78. The van der Waals surface area contributed by atoms with Crippen LogP contribution in [-0.4, -0.2) is 24.8 Å². The number of carbonyl (C=O) groups is 1. The van der Waals surface area contributed by atoms with Gasteiger partial charge in [-0.25, -0.2) is 4.79 Å². The largest absolute Gasteiger partial charge is 0.492 e. The first-order valence-corrected chi connectivity index (χ1v) is 8.41. The topological polar surface area (TPSA) is 47.6 Å². The molecular formula is C15H21Br2NO3. The van der Waals surface area contributed by atoms with E-state index in [9.17, 15) is 4.79 Å². The van der Waals surface area contributed by atoms with Gasteiger partial charge >= 0.3 is 6.09 Å². The predicted molar refractivity (Wildman–Crippen MR) is 90.8 cm³/mol. The van der Waals surface area contributed by atoms with Crippen molar-refractivity contribution in [2.75, 3.05) is 13.2 Å². The monoisotopic (exact) mass is 421 g/mol. The highest BCUT2D eigenvalue weighted by Crippen LogP contribution is 2.28. The van der Waals surface area contributed by atoms with Crippen LogP contribution in [0.5, 0.6) is 5.75 Å². The third kappa shape index (κ3) is 8.31. The van der Waals surface area contributed by atoms with Gasteiger partial charge in [0.1, 0.15) is 11.4 Å². The number of hydrogen-bond acceptors (Lipinski definition) is 3. The molecule has 0 atom stereocenters. The number of amides is 1. The van der Waals surface area contributed by atoms with Crippen molar-refractivity contribution in [2.45, 2.75) is 39.2 Å². The Kier molecular flexibility index (Phi) is 7.52. The van der Waals surface area contributed by atoms with Crippen LogP contribution in [0, 0.1) is 0 Å². The number of alkyl carbamates (subject to hydrolysis) is 1. The fraction of sp³-hybridized carbons (Fsp3) is 0.533. The highest BCUT2D eigenvalue weighted by Gasteiger charge is 2.15. The van der Waals surface area contributed by atoms with E-state index < -0.39 is 5.60 Å². The quantitative estimate of drug-likeness (QED) is 0.663. The second-order valence-electron chi connectivity index (χ2n) is 5.56. The summed E-state index contributed by atoms with van der Waals surface area (Å²) in [7, 11) is 0. The molecule has 1 aromatic rings. The number of hydrogen-bond donors (Lipinski definition) is 1. The van der Waals surface area contributed by atoms with E-state index in [4.69, 9.17) is 9.47 Å². The Morgan fingerprint density at radius 1 is 1.24 bits per heavy atom. The van der Waals surface area contributed by atoms with E-state index >= 15 is 0 Å². The lowest BCUT2D eigenvalue weighted by atomic mass is 10.2. The molecular weight excluding hydrogens is 402 g/mol. The standard InChI is InChI=1S/C15H21Br2NO3/c1-15(2,3)21-14(19)18-8-4-5-9-20-13-10-11(16)6-7-12(13)17/h6-7,10H,4-5,8-9H2,1-3H3,(H,18,19). The Hall–Kier alpha value is -0.750. The average molecular weight is 423 g/mol. The summed E-state index contributed by atoms with van der Waals surface area (Å²) < 4.78 is 12.7. The van der Waals surface area contributed by atoms with Crippen molar-refractivity contribution in [3.05, 3.63) is 27.1 Å². The van der Waals surface area contributed by atoms with Gasteiger partial charge in [0.2, 0.25) is 0 Å². The summed E-state index contributed by atoms with van der Waals surface area (Å²) >= 11 is 6.85. The smallest absolute Gasteiger partial charge is 0.407 e. The molecule has 0 saturated carbocycles. The van der Waals surface area contributed by atoms with Gasteiger partial charge in [-0.3, -0.25) is 0 Å². The van der Waals surface area contributed by atoms with Crippen LogP contribution < -0.4 is 10.1 Å². The minimum absolute atomic E-state index is 0.377. The fourth-order valence-electron chi connectivity index (χ4n) is 1.50. The average Bonchev–Trinajstić information content (AvgIpc) is 2.35. The Morgan fingerprint density at radius 3 is 2.62 bits per heavy atom. The lowest BCUT2D eigenvalue weighted by Gasteiger charge is -2.19. The molecule has 1 rings (SSSR count). The fourth-order valence-corrected chi connectivity index (χ4v) is 2.20. The van der Waals surface area contributed by atoms with E-state index in [2.05, 4.69) is 37.2 Å². The molecule has 4 nitrogen and oxygen atoms in total. The number of nitrogens with one attached hydrogen (secondary N) is 1. The second kappa shape index (κ2) is 8.63. The lowest BCUT2D eigenvalue weighted by molar-refractivity contribution is 0.0526. The predicted octanol–water partition coefficient (Wildman–Crippen LogP) is 4.90. The number of ether oxygens (including phenoxy) is 2. The minimum atomic E-state index is -0.458. The maximum atomic E-state index is 11.4. The van der Waals surface area contributed by atoms with Gasteiger partial charge in [-0.1, -0.05) is 15.9 Å². The molecule has 1 N–H and O–H groups in total. The van der Waals surface area contributed by atoms with Crippen molar-refractivity contribution in [1.82, 2.24) is 5.32 Å². The number of carbonyl (C=O) groups excluding carboxylic acids is 1. The van der Waals surface area contributed by atoms with Gasteiger partial charge in [0.25, 0.3) is 0 Å². The third-order valence-corrected chi connectivity index (χ3v) is 3.54. The van der Waals surface area contributed by atoms with Gasteiger partial charge in [0.05, 0.1) is 11.1 Å². The molecule has 21 heavy (non-hydrogen) atoms. The van der Waals surface area contributed by atoms with E-state index in [1.807, 2.05) is 39.0 Å². The van der Waals surface area contributed by atoms with Gasteiger partial charge < -0.3 is 14.8 Å². The van der Waals surface area contributed by atoms with Crippen LogP contribution in [0.15, 0.2) is 27.1 Å². The zero-order valence-corrected chi connectivity index (χ0v) is 15.7. The molecule has 0 heterocycles. The van der Waals surface area contributed by atoms with Crippen molar-refractivity contribution in [3.8, 4) is 5.75 Å². The normalized spacial score (nSPS) is 11.1. The van der Waals surface area contributed by atoms with Crippen molar-refractivity contribution in [2.24, 2.45) is 0 Å². The molecule has 1 aromatic carbocycles. The Labute approximate surface area is 142 Å². The molecule has 0 aliphatic heterocycles. The molecule has 0 bridgehead atoms. The number of unbranched alkanes of at least 4 members (excludes halogenated alkanes) is 1. The van der Waals surface area contributed by atoms with Gasteiger partial charge in [0.15, 0.2) is 0 Å². The lowest BCUT2D eigenvalue weighted by Crippen LogP contribution is -2.33. The molecule has 0 fully saturated rings. The van der Waals surface area contributed by atoms with Crippen molar-refractivity contribution in [1.29, 1.82) is 0 Å². The molecule has 0 unspecified atom stereocenters. The van der Waals surface area contributed by atoms with Crippen LogP contribution in [0.3, 0.4) is 0 Å². The van der Waals surface area contributed by atoms with E-state index in [1.54, 1.807) is 0 Å². The van der Waals surface area contributed by atoms with Crippen molar-refractivity contribution >= 4 is 38.0 Å². The van der Waals surface area contributed by atoms with Gasteiger partial charge in [-0.2, -0.15) is 0 Å². The van der Waals surface area contributed by atoms with E-state index in [0.29, 0.717) is 13.2 Å². The van der Waals surface area contributed by atoms with Crippen molar-refractivity contribution < 1.29 is 14.3 Å². The minimum Gasteiger partial charge on any atom is -0.492 e. The Bertz CT molecular complexity index is 472. The summed E-state index contributed by atoms with van der Waals surface area (Å²) in [5.41, 5.74) is -0.458. The van der Waals surface area contributed by atoms with Gasteiger partial charge in [0, 0.05) is 11.0 Å². The molecule has 0 aliphatic rings. The van der Waals surface area contributed by atoms with Gasteiger partial charge in [-0.05, 0) is 67.7 Å². The number of halogens is 2.